The number of hydrogen-bond donors (Lipinski definition) is 1. The van der Waals surface area contributed by atoms with Crippen LogP contribution in [0.5, 0.6) is 0 Å². The van der Waals surface area contributed by atoms with Crippen molar-refractivity contribution < 1.29 is 23.8 Å². The summed E-state index contributed by atoms with van der Waals surface area (Å²) >= 11 is 0. The van der Waals surface area contributed by atoms with Crippen molar-refractivity contribution in [3.05, 3.63) is 41.2 Å². The number of aliphatic carboxylic acids is 1. The Labute approximate surface area is 117 Å². The van der Waals surface area contributed by atoms with E-state index in [0.717, 1.165) is 11.6 Å². The van der Waals surface area contributed by atoms with Gasteiger partial charge in [0.2, 0.25) is 0 Å². The van der Waals surface area contributed by atoms with Crippen LogP contribution in [0.4, 0.5) is 4.39 Å². The number of rotatable bonds is 8. The molecule has 0 saturated carbocycles. The Hall–Kier alpha value is -1.72. The number of carboxylic acid groups (broad SMARTS) is 1. The lowest BCUT2D eigenvalue weighted by atomic mass is 10.1. The van der Waals surface area contributed by atoms with Crippen LogP contribution in [0.1, 0.15) is 25.0 Å². The van der Waals surface area contributed by atoms with Gasteiger partial charge in [-0.2, -0.15) is 0 Å². The molecule has 1 rings (SSSR count). The zero-order valence-electron chi connectivity index (χ0n) is 11.6. The quantitative estimate of drug-likeness (QED) is 0.745. The molecule has 0 aliphatic heterocycles. The van der Waals surface area contributed by atoms with E-state index in [1.807, 2.05) is 13.8 Å². The van der Waals surface area contributed by atoms with E-state index < -0.39 is 11.8 Å². The second-order valence-electron chi connectivity index (χ2n) is 4.31. The van der Waals surface area contributed by atoms with Gasteiger partial charge in [0.15, 0.2) is 0 Å². The number of halogens is 1. The third kappa shape index (κ3) is 5.95. The molecule has 0 fully saturated rings. The first kappa shape index (κ1) is 16.3. The van der Waals surface area contributed by atoms with Crippen molar-refractivity contribution in [2.45, 2.75) is 26.6 Å². The molecule has 0 radical (unpaired) electrons. The molecule has 5 heteroatoms. The molecule has 1 atom stereocenters. The van der Waals surface area contributed by atoms with Crippen LogP contribution >= 0.6 is 0 Å². The van der Waals surface area contributed by atoms with Gasteiger partial charge in [-0.15, -0.1) is 0 Å². The van der Waals surface area contributed by atoms with Crippen molar-refractivity contribution >= 4 is 12.0 Å². The van der Waals surface area contributed by atoms with Crippen molar-refractivity contribution in [2.75, 3.05) is 13.2 Å². The largest absolute Gasteiger partial charge is 0.478 e. The molecule has 4 nitrogen and oxygen atoms in total. The fraction of sp³-hybridized carbons (Fsp3) is 0.400. The lowest BCUT2D eigenvalue weighted by Gasteiger charge is -2.13. The Morgan fingerprint density at radius 2 is 2.25 bits per heavy atom. The molecule has 0 aromatic heterocycles. The Morgan fingerprint density at radius 3 is 2.90 bits per heavy atom. The number of ether oxygens (including phenoxy) is 2. The van der Waals surface area contributed by atoms with Gasteiger partial charge in [-0.25, -0.2) is 9.18 Å². The average Bonchev–Trinajstić information content (AvgIpc) is 2.42. The van der Waals surface area contributed by atoms with Crippen LogP contribution in [0.2, 0.25) is 0 Å². The van der Waals surface area contributed by atoms with E-state index in [1.54, 1.807) is 12.1 Å². The van der Waals surface area contributed by atoms with Crippen molar-refractivity contribution in [1.29, 1.82) is 0 Å². The second kappa shape index (κ2) is 8.45. The number of benzene rings is 1. The highest BCUT2D eigenvalue weighted by atomic mass is 19.1. The number of carbonyl (C=O) groups is 1. The van der Waals surface area contributed by atoms with Gasteiger partial charge >= 0.3 is 5.97 Å². The lowest BCUT2D eigenvalue weighted by Crippen LogP contribution is -2.15. The van der Waals surface area contributed by atoms with Gasteiger partial charge in [0.25, 0.3) is 0 Å². The molecule has 1 aromatic rings. The molecule has 110 valence electrons. The van der Waals surface area contributed by atoms with Gasteiger partial charge in [0, 0.05) is 18.2 Å². The van der Waals surface area contributed by atoms with Crippen LogP contribution in [0.25, 0.3) is 6.08 Å². The molecule has 20 heavy (non-hydrogen) atoms. The summed E-state index contributed by atoms with van der Waals surface area (Å²) in [7, 11) is 0. The van der Waals surface area contributed by atoms with Crippen LogP contribution in [0.15, 0.2) is 24.3 Å². The van der Waals surface area contributed by atoms with Gasteiger partial charge in [0.1, 0.15) is 5.82 Å². The molecule has 0 bridgehead atoms. The minimum absolute atomic E-state index is 0.0574. The Morgan fingerprint density at radius 1 is 1.50 bits per heavy atom. The fourth-order valence-electron chi connectivity index (χ4n) is 1.54. The van der Waals surface area contributed by atoms with E-state index in [1.165, 1.54) is 12.1 Å². The first-order valence-corrected chi connectivity index (χ1v) is 6.41. The Bertz CT molecular complexity index is 471. The Kier molecular flexibility index (Phi) is 6.90. The summed E-state index contributed by atoms with van der Waals surface area (Å²) in [5, 5.41) is 8.55. The SMILES string of the molecule is CCOCC(C)OCc1ccc(F)c(/C=C/C(=O)O)c1. The summed E-state index contributed by atoms with van der Waals surface area (Å²) in [6.45, 7) is 5.26. The normalized spacial score (nSPS) is 12.8. The van der Waals surface area contributed by atoms with Crippen molar-refractivity contribution in [2.24, 2.45) is 0 Å². The maximum atomic E-state index is 13.5. The number of carboxylic acids is 1. The zero-order valence-corrected chi connectivity index (χ0v) is 11.6. The lowest BCUT2D eigenvalue weighted by molar-refractivity contribution is -0.131. The summed E-state index contributed by atoms with van der Waals surface area (Å²) in [6.07, 6.45) is 2.07. The van der Waals surface area contributed by atoms with Crippen LogP contribution in [0.3, 0.4) is 0 Å². The monoisotopic (exact) mass is 282 g/mol. The van der Waals surface area contributed by atoms with Crippen molar-refractivity contribution in [3.63, 3.8) is 0 Å². The third-order valence-electron chi connectivity index (χ3n) is 2.56. The molecular weight excluding hydrogens is 263 g/mol. The topological polar surface area (TPSA) is 55.8 Å². The van der Waals surface area contributed by atoms with Gasteiger partial charge in [-0.05, 0) is 37.6 Å². The highest BCUT2D eigenvalue weighted by molar-refractivity contribution is 5.85. The molecule has 0 amide bonds. The molecule has 0 saturated heterocycles. The highest BCUT2D eigenvalue weighted by Crippen LogP contribution is 2.14. The molecule has 0 spiro atoms. The average molecular weight is 282 g/mol. The first-order chi connectivity index (χ1) is 9.52. The smallest absolute Gasteiger partial charge is 0.328 e. The third-order valence-corrected chi connectivity index (χ3v) is 2.56. The van der Waals surface area contributed by atoms with Gasteiger partial charge in [-0.3, -0.25) is 0 Å². The van der Waals surface area contributed by atoms with E-state index in [4.69, 9.17) is 14.6 Å². The predicted molar refractivity (Wildman–Crippen MR) is 73.8 cm³/mol. The van der Waals surface area contributed by atoms with E-state index in [-0.39, 0.29) is 11.7 Å². The molecule has 1 N–H and O–H groups in total. The van der Waals surface area contributed by atoms with Crippen LogP contribution in [0, 0.1) is 5.82 Å². The van der Waals surface area contributed by atoms with E-state index in [9.17, 15) is 9.18 Å². The van der Waals surface area contributed by atoms with Gasteiger partial charge in [-0.1, -0.05) is 6.07 Å². The van der Waals surface area contributed by atoms with E-state index >= 15 is 0 Å². The van der Waals surface area contributed by atoms with Gasteiger partial charge < -0.3 is 14.6 Å². The fourth-order valence-corrected chi connectivity index (χ4v) is 1.54. The van der Waals surface area contributed by atoms with Gasteiger partial charge in [0.05, 0.1) is 19.3 Å². The first-order valence-electron chi connectivity index (χ1n) is 6.41. The van der Waals surface area contributed by atoms with Crippen molar-refractivity contribution in [3.8, 4) is 0 Å². The summed E-state index contributed by atoms with van der Waals surface area (Å²) in [6, 6.07) is 4.48. The number of hydrogen-bond acceptors (Lipinski definition) is 3. The summed E-state index contributed by atoms with van der Waals surface area (Å²) < 4.78 is 24.3. The molecule has 0 aliphatic rings. The molecule has 1 unspecified atom stereocenters. The Balaban J connectivity index is 2.63. The van der Waals surface area contributed by atoms with Crippen LogP contribution in [-0.2, 0) is 20.9 Å². The molecule has 0 heterocycles. The van der Waals surface area contributed by atoms with E-state index in [2.05, 4.69) is 0 Å². The second-order valence-corrected chi connectivity index (χ2v) is 4.31. The van der Waals surface area contributed by atoms with Crippen LogP contribution in [-0.4, -0.2) is 30.4 Å². The highest BCUT2D eigenvalue weighted by Gasteiger charge is 2.05. The molecule has 0 aliphatic carbocycles. The molecule has 1 aromatic carbocycles. The maximum absolute atomic E-state index is 13.5. The maximum Gasteiger partial charge on any atom is 0.328 e. The van der Waals surface area contributed by atoms with E-state index in [0.29, 0.717) is 19.8 Å². The summed E-state index contributed by atoms with van der Waals surface area (Å²) in [5.74, 6) is -1.58. The summed E-state index contributed by atoms with van der Waals surface area (Å²) in [5.41, 5.74) is 1.01. The predicted octanol–water partition coefficient (Wildman–Crippen LogP) is 2.87. The standard InChI is InChI=1S/C15H19FO4/c1-3-19-9-11(2)20-10-12-4-6-14(16)13(8-12)5-7-15(17)18/h4-8,11H,3,9-10H2,1-2H3,(H,17,18)/b7-5+. The minimum atomic E-state index is -1.11. The van der Waals surface area contributed by atoms with Crippen LogP contribution < -0.4 is 0 Å². The zero-order chi connectivity index (χ0) is 15.0. The molecular formula is C15H19FO4. The summed E-state index contributed by atoms with van der Waals surface area (Å²) in [4.78, 5) is 10.4. The minimum Gasteiger partial charge on any atom is -0.478 e. The van der Waals surface area contributed by atoms with Crippen molar-refractivity contribution in [1.82, 2.24) is 0 Å².